The van der Waals surface area contributed by atoms with Gasteiger partial charge >= 0.3 is 5.97 Å². The van der Waals surface area contributed by atoms with Gasteiger partial charge in [-0.15, -0.1) is 0 Å². The first kappa shape index (κ1) is 13.4. The van der Waals surface area contributed by atoms with Crippen LogP contribution in [0.1, 0.15) is 30.4 Å². The highest BCUT2D eigenvalue weighted by atomic mass is 16.5. The van der Waals surface area contributed by atoms with Crippen molar-refractivity contribution in [3.05, 3.63) is 18.1 Å². The van der Waals surface area contributed by atoms with Crippen molar-refractivity contribution >= 4 is 11.8 Å². The van der Waals surface area contributed by atoms with E-state index in [4.69, 9.17) is 5.11 Å². The number of hydrogen-bond donors (Lipinski definition) is 2. The van der Waals surface area contributed by atoms with E-state index in [0.717, 1.165) is 6.42 Å². The van der Waals surface area contributed by atoms with E-state index in [-0.39, 0.29) is 18.5 Å². The Hall–Kier alpha value is -1.69. The summed E-state index contributed by atoms with van der Waals surface area (Å²) in [5.41, 5.74) is 0. The fourth-order valence-electron chi connectivity index (χ4n) is 1.37. The molecule has 6 nitrogen and oxygen atoms in total. The number of nitrogens with one attached hydrogen (secondary N) is 1. The minimum absolute atomic E-state index is 0.0244. The zero-order chi connectivity index (χ0) is 12.7. The van der Waals surface area contributed by atoms with Crippen LogP contribution in [0.3, 0.4) is 0 Å². The summed E-state index contributed by atoms with van der Waals surface area (Å²) in [6.45, 7) is 2.12. The molecule has 1 aromatic rings. The van der Waals surface area contributed by atoms with Crippen molar-refractivity contribution in [2.45, 2.75) is 25.8 Å². The van der Waals surface area contributed by atoms with E-state index in [1.807, 2.05) is 6.92 Å². The molecule has 1 rings (SSSR count). The maximum atomic E-state index is 11.2. The van der Waals surface area contributed by atoms with Crippen molar-refractivity contribution in [3.63, 3.8) is 0 Å². The predicted octanol–water partition coefficient (Wildman–Crippen LogP) is 0.836. The highest BCUT2D eigenvalue weighted by molar-refractivity contribution is 5.85. The van der Waals surface area contributed by atoms with Crippen LogP contribution in [-0.4, -0.2) is 40.8 Å². The van der Waals surface area contributed by atoms with Gasteiger partial charge in [-0.3, -0.25) is 0 Å². The van der Waals surface area contributed by atoms with Gasteiger partial charge in [0, 0.05) is 18.8 Å². The van der Waals surface area contributed by atoms with Crippen molar-refractivity contribution in [2.24, 2.45) is 0 Å². The maximum Gasteiger partial charge on any atom is 0.376 e. The monoisotopic (exact) mass is 239 g/mol. The number of hydrogen-bond acceptors (Lipinski definition) is 6. The molecule has 94 valence electrons. The molecular formula is C11H17N3O3. The van der Waals surface area contributed by atoms with Crippen LogP contribution in [0, 0.1) is 0 Å². The summed E-state index contributed by atoms with van der Waals surface area (Å²) in [5.74, 6) is 0.0147. The van der Waals surface area contributed by atoms with Gasteiger partial charge in [0.05, 0.1) is 7.11 Å². The Balaban J connectivity index is 2.74. The van der Waals surface area contributed by atoms with E-state index in [0.29, 0.717) is 12.2 Å². The third-order valence-corrected chi connectivity index (χ3v) is 2.35. The van der Waals surface area contributed by atoms with Gasteiger partial charge in [0.25, 0.3) is 0 Å². The van der Waals surface area contributed by atoms with Crippen LogP contribution in [0.25, 0.3) is 0 Å². The number of anilines is 1. The lowest BCUT2D eigenvalue weighted by Gasteiger charge is -2.16. The normalized spacial score (nSPS) is 11.9. The van der Waals surface area contributed by atoms with Crippen molar-refractivity contribution in [2.75, 3.05) is 19.0 Å². The summed E-state index contributed by atoms with van der Waals surface area (Å²) in [6, 6.07) is 1.80. The first-order valence-electron chi connectivity index (χ1n) is 5.50. The standard InChI is InChI=1S/C11H17N3O3/c1-3-8(5-7-15)13-9-4-6-12-10(14-9)11(16)17-2/h4,6,8,15H,3,5,7H2,1-2H3,(H,12,13,14). The van der Waals surface area contributed by atoms with E-state index < -0.39 is 5.97 Å². The van der Waals surface area contributed by atoms with E-state index in [1.54, 1.807) is 6.07 Å². The average Bonchev–Trinajstić information content (AvgIpc) is 2.37. The Morgan fingerprint density at radius 1 is 1.65 bits per heavy atom. The summed E-state index contributed by atoms with van der Waals surface area (Å²) >= 11 is 0. The third kappa shape index (κ3) is 3.99. The van der Waals surface area contributed by atoms with Gasteiger partial charge in [-0.2, -0.15) is 0 Å². The number of ether oxygens (including phenoxy) is 1. The molecular weight excluding hydrogens is 222 g/mol. The van der Waals surface area contributed by atoms with Gasteiger partial charge in [-0.1, -0.05) is 6.92 Å². The Morgan fingerprint density at radius 2 is 2.41 bits per heavy atom. The van der Waals surface area contributed by atoms with Crippen molar-refractivity contribution in [1.82, 2.24) is 9.97 Å². The van der Waals surface area contributed by atoms with Crippen LogP contribution in [0.4, 0.5) is 5.82 Å². The van der Waals surface area contributed by atoms with Crippen LogP contribution in [0.15, 0.2) is 12.3 Å². The summed E-state index contributed by atoms with van der Waals surface area (Å²) in [5, 5.41) is 12.0. The molecule has 0 saturated carbocycles. The second kappa shape index (κ2) is 6.80. The SMILES string of the molecule is CCC(CCO)Nc1ccnc(C(=O)OC)n1. The Bertz CT molecular complexity index is 371. The minimum Gasteiger partial charge on any atom is -0.463 e. The molecule has 6 heteroatoms. The Kier molecular flexibility index (Phi) is 5.35. The van der Waals surface area contributed by atoms with Crippen molar-refractivity contribution in [1.29, 1.82) is 0 Å². The van der Waals surface area contributed by atoms with E-state index in [9.17, 15) is 4.79 Å². The number of carbonyl (C=O) groups excluding carboxylic acids is 1. The summed E-state index contributed by atoms with van der Waals surface area (Å²) in [7, 11) is 1.28. The highest BCUT2D eigenvalue weighted by Crippen LogP contribution is 2.08. The van der Waals surface area contributed by atoms with Crippen LogP contribution >= 0.6 is 0 Å². The number of aliphatic hydroxyl groups is 1. The lowest BCUT2D eigenvalue weighted by molar-refractivity contribution is 0.0587. The quantitative estimate of drug-likeness (QED) is 0.715. The Morgan fingerprint density at radius 3 is 3.00 bits per heavy atom. The molecule has 0 saturated heterocycles. The minimum atomic E-state index is -0.566. The van der Waals surface area contributed by atoms with Crippen LogP contribution in [0.2, 0.25) is 0 Å². The fraction of sp³-hybridized carbons (Fsp3) is 0.545. The number of rotatable bonds is 6. The molecule has 1 heterocycles. The number of nitrogens with zero attached hydrogens (tertiary/aromatic N) is 2. The topological polar surface area (TPSA) is 84.3 Å². The molecule has 2 N–H and O–H groups in total. The van der Waals surface area contributed by atoms with Gasteiger partial charge in [-0.05, 0) is 18.9 Å². The summed E-state index contributed by atoms with van der Waals surface area (Å²) in [6.07, 6.45) is 2.99. The fourth-order valence-corrected chi connectivity index (χ4v) is 1.37. The van der Waals surface area contributed by atoms with Gasteiger partial charge in [0.2, 0.25) is 5.82 Å². The second-order valence-electron chi connectivity index (χ2n) is 3.52. The molecule has 0 fully saturated rings. The molecule has 1 atom stereocenters. The molecule has 0 amide bonds. The van der Waals surface area contributed by atoms with Gasteiger partial charge in [-0.25, -0.2) is 14.8 Å². The van der Waals surface area contributed by atoms with E-state index in [1.165, 1.54) is 13.3 Å². The number of carbonyl (C=O) groups is 1. The number of aromatic nitrogens is 2. The molecule has 0 aromatic carbocycles. The maximum absolute atomic E-state index is 11.2. The lowest BCUT2D eigenvalue weighted by atomic mass is 10.1. The van der Waals surface area contributed by atoms with Crippen LogP contribution in [-0.2, 0) is 4.74 Å². The molecule has 0 aliphatic carbocycles. The molecule has 0 spiro atoms. The molecule has 1 aromatic heterocycles. The molecule has 1 unspecified atom stereocenters. The van der Waals surface area contributed by atoms with Crippen LogP contribution in [0.5, 0.6) is 0 Å². The van der Waals surface area contributed by atoms with E-state index in [2.05, 4.69) is 20.0 Å². The summed E-state index contributed by atoms with van der Waals surface area (Å²) in [4.78, 5) is 19.1. The number of methoxy groups -OCH3 is 1. The highest BCUT2D eigenvalue weighted by Gasteiger charge is 2.11. The van der Waals surface area contributed by atoms with Crippen molar-refractivity contribution in [3.8, 4) is 0 Å². The van der Waals surface area contributed by atoms with Crippen molar-refractivity contribution < 1.29 is 14.6 Å². The van der Waals surface area contributed by atoms with E-state index >= 15 is 0 Å². The second-order valence-corrected chi connectivity index (χ2v) is 3.52. The first-order chi connectivity index (χ1) is 8.21. The molecule has 0 aliphatic rings. The molecule has 0 aliphatic heterocycles. The Labute approximate surface area is 100 Å². The third-order valence-electron chi connectivity index (χ3n) is 2.35. The van der Waals surface area contributed by atoms with Gasteiger partial charge in [0.1, 0.15) is 5.82 Å². The molecule has 0 bridgehead atoms. The summed E-state index contributed by atoms with van der Waals surface area (Å²) < 4.78 is 4.54. The molecule has 17 heavy (non-hydrogen) atoms. The zero-order valence-electron chi connectivity index (χ0n) is 10.0. The smallest absolute Gasteiger partial charge is 0.376 e. The average molecular weight is 239 g/mol. The van der Waals surface area contributed by atoms with Crippen LogP contribution < -0.4 is 5.32 Å². The molecule has 0 radical (unpaired) electrons. The largest absolute Gasteiger partial charge is 0.463 e. The zero-order valence-corrected chi connectivity index (χ0v) is 10.0. The number of aliphatic hydroxyl groups excluding tert-OH is 1. The first-order valence-corrected chi connectivity index (χ1v) is 5.50. The van der Waals surface area contributed by atoms with Gasteiger partial charge in [0.15, 0.2) is 0 Å². The predicted molar refractivity (Wildman–Crippen MR) is 62.8 cm³/mol. The lowest BCUT2D eigenvalue weighted by Crippen LogP contribution is -2.21. The number of esters is 1. The van der Waals surface area contributed by atoms with Gasteiger partial charge < -0.3 is 15.2 Å².